The van der Waals surface area contributed by atoms with Crippen LogP contribution in [0.2, 0.25) is 0 Å². The summed E-state index contributed by atoms with van der Waals surface area (Å²) < 4.78 is 26.5. The van der Waals surface area contributed by atoms with Gasteiger partial charge in [-0.15, -0.1) is 0 Å². The summed E-state index contributed by atoms with van der Waals surface area (Å²) in [6.07, 6.45) is 1.32. The van der Waals surface area contributed by atoms with E-state index in [0.29, 0.717) is 13.2 Å². The number of aromatic nitrogens is 2. The molecule has 0 spiro atoms. The number of ether oxygens (including phenoxy) is 1. The van der Waals surface area contributed by atoms with E-state index in [4.69, 9.17) is 9.57 Å². The predicted molar refractivity (Wildman–Crippen MR) is 44.2 cm³/mol. The average molecular weight is 223 g/mol. The minimum absolute atomic E-state index is 0. The third-order valence-electron chi connectivity index (χ3n) is 1.56. The molecule has 1 aliphatic rings. The van der Waals surface area contributed by atoms with Gasteiger partial charge in [0.1, 0.15) is 11.6 Å². The molecule has 7 nitrogen and oxygen atoms in total. The van der Waals surface area contributed by atoms with Crippen LogP contribution in [0.15, 0.2) is 16.4 Å². The second-order valence-corrected chi connectivity index (χ2v) is 3.30. The van der Waals surface area contributed by atoms with Crippen LogP contribution in [0, 0.1) is 0 Å². The quantitative estimate of drug-likeness (QED) is 0.412. The molecule has 0 aliphatic carbocycles. The first-order chi connectivity index (χ1) is 6.79. The van der Waals surface area contributed by atoms with Crippen LogP contribution in [-0.4, -0.2) is 38.1 Å². The van der Waals surface area contributed by atoms with Crippen molar-refractivity contribution < 1.29 is 37.2 Å². The molecule has 0 bridgehead atoms. The van der Waals surface area contributed by atoms with E-state index >= 15 is 0 Å². The number of nitrogens with zero attached hydrogens (tertiary/aromatic N) is 2. The summed E-state index contributed by atoms with van der Waals surface area (Å²) in [5.74, 6) is 0.129. The first-order valence-corrected chi connectivity index (χ1v) is 4.82. The molecule has 0 amide bonds. The Bertz CT molecular complexity index is 393. The first kappa shape index (κ1) is 12.3. The summed E-state index contributed by atoms with van der Waals surface area (Å²) in [4.78, 5) is 4.76. The molecule has 1 unspecified atom stereocenters. The fourth-order valence-electron chi connectivity index (χ4n) is 0.987. The molecule has 1 atom stereocenters. The first-order valence-electron chi connectivity index (χ1n) is 3.75. The van der Waals surface area contributed by atoms with Crippen molar-refractivity contribution in [1.82, 2.24) is 10.2 Å². The molecule has 0 radical (unpaired) electrons. The maximum atomic E-state index is 10.7. The third kappa shape index (κ3) is 2.60. The van der Waals surface area contributed by atoms with Crippen LogP contribution < -0.4 is 18.9 Å². The van der Waals surface area contributed by atoms with Gasteiger partial charge in [-0.05, 0) is 16.2 Å². The van der Waals surface area contributed by atoms with Gasteiger partial charge in [-0.25, -0.2) is 0 Å². The van der Waals surface area contributed by atoms with Crippen molar-refractivity contribution in [2.45, 2.75) is 5.03 Å². The zero-order valence-electron chi connectivity index (χ0n) is 7.93. The van der Waals surface area contributed by atoms with Crippen molar-refractivity contribution >= 4 is 17.0 Å². The molecule has 0 saturated carbocycles. The van der Waals surface area contributed by atoms with Crippen LogP contribution in [0.3, 0.4) is 0 Å². The van der Waals surface area contributed by atoms with Gasteiger partial charge in [0.15, 0.2) is 6.61 Å². The SMILES string of the molecule is O=S([O-])c1[nH]ncc1C1=NOCCO1.[Li+]. The van der Waals surface area contributed by atoms with Crippen LogP contribution in [0.25, 0.3) is 0 Å². The van der Waals surface area contributed by atoms with Gasteiger partial charge in [0.2, 0.25) is 0 Å². The van der Waals surface area contributed by atoms with Crippen LogP contribution in [0.4, 0.5) is 0 Å². The van der Waals surface area contributed by atoms with Crippen LogP contribution in [-0.2, 0) is 20.7 Å². The molecule has 76 valence electrons. The Hall–Kier alpha value is -0.813. The number of nitrogens with one attached hydrogen (secondary N) is 1. The summed E-state index contributed by atoms with van der Waals surface area (Å²) in [6, 6.07) is 0. The standard InChI is InChI=1S/C6H7N3O4S.Li/c10-14(11)6-4(3-7-8-6)5-9-13-2-1-12-5;/h3H,1-2H2,(H,7,8)(H,10,11);/q;+1/p-1. The summed E-state index contributed by atoms with van der Waals surface area (Å²) in [5, 5.41) is 9.42. The van der Waals surface area contributed by atoms with E-state index in [-0.39, 0.29) is 35.3 Å². The maximum absolute atomic E-state index is 10.7. The Morgan fingerprint density at radius 2 is 2.33 bits per heavy atom. The number of rotatable bonds is 2. The smallest absolute Gasteiger partial charge is 0.767 e. The van der Waals surface area contributed by atoms with Crippen LogP contribution >= 0.6 is 0 Å². The van der Waals surface area contributed by atoms with Crippen molar-refractivity contribution in [3.05, 3.63) is 11.8 Å². The van der Waals surface area contributed by atoms with Gasteiger partial charge in [-0.2, -0.15) is 5.10 Å². The van der Waals surface area contributed by atoms with Crippen molar-refractivity contribution in [1.29, 1.82) is 0 Å². The molecule has 9 heteroatoms. The largest absolute Gasteiger partial charge is 1.00 e. The van der Waals surface area contributed by atoms with E-state index < -0.39 is 11.1 Å². The topological polar surface area (TPSA) is 99.6 Å². The zero-order valence-corrected chi connectivity index (χ0v) is 8.74. The zero-order chi connectivity index (χ0) is 9.97. The molecule has 0 saturated heterocycles. The predicted octanol–water partition coefficient (Wildman–Crippen LogP) is -3.64. The second kappa shape index (κ2) is 5.32. The van der Waals surface area contributed by atoms with Crippen molar-refractivity contribution in [3.8, 4) is 0 Å². The number of H-pyrrole nitrogens is 1. The molecule has 0 aromatic carbocycles. The minimum Gasteiger partial charge on any atom is -0.767 e. The Morgan fingerprint density at radius 3 is 2.93 bits per heavy atom. The van der Waals surface area contributed by atoms with Gasteiger partial charge in [-0.3, -0.25) is 9.31 Å². The molecule has 1 N–H and O–H groups in total. The van der Waals surface area contributed by atoms with E-state index in [1.165, 1.54) is 6.20 Å². The molecule has 1 aliphatic heterocycles. The molecule has 1 aromatic rings. The van der Waals surface area contributed by atoms with E-state index in [0.717, 1.165) is 0 Å². The summed E-state index contributed by atoms with van der Waals surface area (Å²) in [7, 11) is 0. The fourth-order valence-corrected chi connectivity index (χ4v) is 1.43. The maximum Gasteiger partial charge on any atom is 1.00 e. The number of hydrogen-bond acceptors (Lipinski definition) is 6. The summed E-state index contributed by atoms with van der Waals surface area (Å²) >= 11 is -2.40. The summed E-state index contributed by atoms with van der Waals surface area (Å²) in [5.41, 5.74) is 0.276. The average Bonchev–Trinajstić information content (AvgIpc) is 2.67. The molecule has 15 heavy (non-hydrogen) atoms. The molecular formula is C6H6LiN3O4S. The fraction of sp³-hybridized carbons (Fsp3) is 0.333. The monoisotopic (exact) mass is 223 g/mol. The Labute approximate surface area is 99.7 Å². The van der Waals surface area contributed by atoms with Gasteiger partial charge >= 0.3 is 18.9 Å². The Balaban J connectivity index is 0.00000112. The number of aromatic amines is 1. The van der Waals surface area contributed by atoms with E-state index in [1.54, 1.807) is 0 Å². The third-order valence-corrected chi connectivity index (χ3v) is 2.21. The van der Waals surface area contributed by atoms with Crippen LogP contribution in [0.5, 0.6) is 0 Å². The number of oxime groups is 1. The second-order valence-electron chi connectivity index (χ2n) is 2.43. The van der Waals surface area contributed by atoms with Gasteiger partial charge in [-0.1, -0.05) is 0 Å². The molecule has 1 aromatic heterocycles. The van der Waals surface area contributed by atoms with Crippen molar-refractivity contribution in [3.63, 3.8) is 0 Å². The van der Waals surface area contributed by atoms with Gasteiger partial charge < -0.3 is 14.1 Å². The molecular weight excluding hydrogens is 217 g/mol. The molecule has 2 heterocycles. The molecule has 0 fully saturated rings. The van der Waals surface area contributed by atoms with Gasteiger partial charge in [0, 0.05) is 0 Å². The Kier molecular flexibility index (Phi) is 4.35. The van der Waals surface area contributed by atoms with E-state index in [9.17, 15) is 8.76 Å². The minimum atomic E-state index is -2.40. The summed E-state index contributed by atoms with van der Waals surface area (Å²) in [6.45, 7) is 0.700. The van der Waals surface area contributed by atoms with Gasteiger partial charge in [0.05, 0.1) is 11.8 Å². The van der Waals surface area contributed by atoms with Crippen LogP contribution in [0.1, 0.15) is 5.56 Å². The van der Waals surface area contributed by atoms with E-state index in [2.05, 4.69) is 15.4 Å². The van der Waals surface area contributed by atoms with Gasteiger partial charge in [0.25, 0.3) is 5.90 Å². The number of hydrogen-bond donors (Lipinski definition) is 1. The normalized spacial score (nSPS) is 16.7. The van der Waals surface area contributed by atoms with Crippen molar-refractivity contribution in [2.24, 2.45) is 5.16 Å². The molecule has 2 rings (SSSR count). The Morgan fingerprint density at radius 1 is 1.53 bits per heavy atom. The van der Waals surface area contributed by atoms with E-state index in [1.807, 2.05) is 0 Å². The van der Waals surface area contributed by atoms with Crippen molar-refractivity contribution in [2.75, 3.05) is 13.2 Å².